The van der Waals surface area contributed by atoms with Crippen LogP contribution in [0.15, 0.2) is 59.6 Å². The average molecular weight is 388 g/mol. The Kier molecular flexibility index (Phi) is 4.31. The van der Waals surface area contributed by atoms with Crippen LogP contribution in [0.2, 0.25) is 0 Å². The Morgan fingerprint density at radius 3 is 2.21 bits per heavy atom. The van der Waals surface area contributed by atoms with Crippen LogP contribution in [0.25, 0.3) is 0 Å². The van der Waals surface area contributed by atoms with E-state index in [0.717, 1.165) is 11.1 Å². The van der Waals surface area contributed by atoms with Crippen LogP contribution in [-0.4, -0.2) is 26.0 Å². The Morgan fingerprint density at radius 2 is 1.66 bits per heavy atom. The highest BCUT2D eigenvalue weighted by atomic mass is 16.7. The number of nitriles is 2. The number of benzene rings is 2. The minimum Gasteiger partial charge on any atom is -0.489 e. The van der Waals surface area contributed by atoms with Crippen molar-refractivity contribution in [2.24, 2.45) is 21.6 Å². The number of amidine groups is 1. The number of nitrogens with two attached hydrogens (primary N) is 1. The van der Waals surface area contributed by atoms with Gasteiger partial charge < -0.3 is 19.9 Å². The first-order valence-electron chi connectivity index (χ1n) is 9.10. The van der Waals surface area contributed by atoms with Gasteiger partial charge in [0.2, 0.25) is 0 Å². The summed E-state index contributed by atoms with van der Waals surface area (Å²) in [5.74, 6) is -1.40. The fraction of sp³-hybridized carbons (Fsp3) is 0.318. The van der Waals surface area contributed by atoms with Crippen LogP contribution >= 0.6 is 0 Å². The summed E-state index contributed by atoms with van der Waals surface area (Å²) in [6, 6.07) is 21.6. The van der Waals surface area contributed by atoms with Crippen molar-refractivity contribution >= 4 is 5.84 Å². The molecule has 1 aliphatic heterocycles. The molecular weight excluding hydrogens is 368 g/mol. The number of ether oxygens (including phenoxy) is 3. The predicted octanol–water partition coefficient (Wildman–Crippen LogP) is 2.70. The largest absolute Gasteiger partial charge is 0.489 e. The third-order valence-corrected chi connectivity index (χ3v) is 5.94. The summed E-state index contributed by atoms with van der Waals surface area (Å²) in [6.45, 7) is 0.448. The van der Waals surface area contributed by atoms with E-state index in [4.69, 9.17) is 19.9 Å². The lowest BCUT2D eigenvalue weighted by molar-refractivity contribution is -0.230. The number of aliphatic imine (C=N–C) groups is 1. The summed E-state index contributed by atoms with van der Waals surface area (Å²) < 4.78 is 16.8. The molecule has 29 heavy (non-hydrogen) atoms. The molecular formula is C22H20N4O3. The summed E-state index contributed by atoms with van der Waals surface area (Å²) in [5.41, 5.74) is 5.31. The first-order valence-corrected chi connectivity index (χ1v) is 9.10. The molecule has 1 saturated carbocycles. The number of methoxy groups -OCH3 is 2. The zero-order valence-electron chi connectivity index (χ0n) is 16.1. The Balaban J connectivity index is 1.63. The molecule has 1 fully saturated rings. The zero-order chi connectivity index (χ0) is 20.7. The van der Waals surface area contributed by atoms with Crippen molar-refractivity contribution in [3.8, 4) is 17.9 Å². The highest BCUT2D eigenvalue weighted by Gasteiger charge is 2.93. The van der Waals surface area contributed by atoms with Crippen LogP contribution in [-0.2, 0) is 16.1 Å². The third-order valence-electron chi connectivity index (χ3n) is 5.94. The van der Waals surface area contributed by atoms with Crippen molar-refractivity contribution in [3.63, 3.8) is 0 Å². The lowest BCUT2D eigenvalue weighted by Gasteiger charge is -2.29. The summed E-state index contributed by atoms with van der Waals surface area (Å²) in [6.07, 6.45) is 0. The quantitative estimate of drug-likeness (QED) is 0.761. The molecule has 0 spiro atoms. The van der Waals surface area contributed by atoms with Crippen molar-refractivity contribution in [3.05, 3.63) is 65.7 Å². The third kappa shape index (κ3) is 2.26. The second-order valence-corrected chi connectivity index (χ2v) is 7.10. The zero-order valence-corrected chi connectivity index (χ0v) is 16.1. The summed E-state index contributed by atoms with van der Waals surface area (Å²) in [5, 5.41) is 20.0. The van der Waals surface area contributed by atoms with Crippen molar-refractivity contribution in [2.45, 2.75) is 18.4 Å². The molecule has 0 saturated heterocycles. The second-order valence-electron chi connectivity index (χ2n) is 7.10. The maximum atomic E-state index is 10.1. The normalized spacial score (nSPS) is 28.6. The van der Waals surface area contributed by atoms with Gasteiger partial charge in [0.25, 0.3) is 5.91 Å². The fourth-order valence-corrected chi connectivity index (χ4v) is 4.52. The lowest BCUT2D eigenvalue weighted by atomic mass is 9.93. The van der Waals surface area contributed by atoms with E-state index in [9.17, 15) is 10.5 Å². The SMILES string of the molecule is COC1(OC)N=C(N)[C@]2(C#N)[C@@H](c3ccc(OCc4ccccc4)cc3)[C@]12C#N. The van der Waals surface area contributed by atoms with Crippen LogP contribution in [0.3, 0.4) is 0 Å². The predicted molar refractivity (Wildman–Crippen MR) is 104 cm³/mol. The number of nitrogens with zero attached hydrogens (tertiary/aromatic N) is 3. The maximum absolute atomic E-state index is 10.1. The van der Waals surface area contributed by atoms with Gasteiger partial charge >= 0.3 is 0 Å². The number of rotatable bonds is 6. The highest BCUT2D eigenvalue weighted by Crippen LogP contribution is 2.81. The van der Waals surface area contributed by atoms with E-state index in [2.05, 4.69) is 17.1 Å². The molecule has 0 aromatic heterocycles. The lowest BCUT2D eigenvalue weighted by Crippen LogP contribution is -2.41. The molecule has 2 aliphatic rings. The topological polar surface area (TPSA) is 114 Å². The van der Waals surface area contributed by atoms with E-state index in [1.54, 1.807) is 0 Å². The van der Waals surface area contributed by atoms with Gasteiger partial charge in [-0.25, -0.2) is 4.99 Å². The van der Waals surface area contributed by atoms with Crippen LogP contribution in [0.1, 0.15) is 17.0 Å². The van der Waals surface area contributed by atoms with Gasteiger partial charge in [-0.3, -0.25) is 0 Å². The second kappa shape index (κ2) is 6.59. The molecule has 2 N–H and O–H groups in total. The Hall–Kier alpha value is -3.39. The number of fused-ring (bicyclic) bond motifs is 1. The Labute approximate surface area is 168 Å². The molecule has 0 unspecified atom stereocenters. The standard InChI is InChI=1S/C22H20N4O3/c1-27-22(28-2)21(14-24)18(20(21,13-23)19(25)26-22)16-8-10-17(11-9-16)29-12-15-6-4-3-5-7-15/h3-11,18H,12H2,1-2H3,(H2,25,26)/t18-,20+,21+/m1/s1. The molecule has 1 aliphatic carbocycles. The molecule has 1 heterocycles. The van der Waals surface area contributed by atoms with Gasteiger partial charge in [-0.1, -0.05) is 42.5 Å². The van der Waals surface area contributed by atoms with Gasteiger partial charge in [0.05, 0.1) is 12.1 Å². The van der Waals surface area contributed by atoms with Gasteiger partial charge in [-0.15, -0.1) is 0 Å². The Morgan fingerprint density at radius 1 is 1.00 bits per heavy atom. The molecule has 0 radical (unpaired) electrons. The summed E-state index contributed by atoms with van der Waals surface area (Å²) in [7, 11) is 2.78. The van der Waals surface area contributed by atoms with E-state index in [-0.39, 0.29) is 5.84 Å². The summed E-state index contributed by atoms with van der Waals surface area (Å²) in [4.78, 5) is 4.21. The van der Waals surface area contributed by atoms with Gasteiger partial charge in [0.1, 0.15) is 23.6 Å². The van der Waals surface area contributed by atoms with Crippen LogP contribution in [0.4, 0.5) is 0 Å². The Bertz CT molecular complexity index is 1030. The molecule has 0 bridgehead atoms. The van der Waals surface area contributed by atoms with E-state index < -0.39 is 22.7 Å². The van der Waals surface area contributed by atoms with Crippen molar-refractivity contribution in [2.75, 3.05) is 14.2 Å². The van der Waals surface area contributed by atoms with Crippen molar-refractivity contribution < 1.29 is 14.2 Å². The highest BCUT2D eigenvalue weighted by molar-refractivity contribution is 6.00. The molecule has 2 aromatic rings. The van der Waals surface area contributed by atoms with Crippen LogP contribution < -0.4 is 10.5 Å². The molecule has 146 valence electrons. The van der Waals surface area contributed by atoms with Crippen molar-refractivity contribution in [1.29, 1.82) is 10.5 Å². The minimum absolute atomic E-state index is 0.0552. The van der Waals surface area contributed by atoms with E-state index in [0.29, 0.717) is 12.4 Å². The van der Waals surface area contributed by atoms with Gasteiger partial charge in [-0.05, 0) is 23.3 Å². The van der Waals surface area contributed by atoms with E-state index in [1.165, 1.54) is 14.2 Å². The molecule has 7 heteroatoms. The number of hydrogen-bond donors (Lipinski definition) is 1. The van der Waals surface area contributed by atoms with Gasteiger partial charge in [-0.2, -0.15) is 10.5 Å². The van der Waals surface area contributed by atoms with Crippen molar-refractivity contribution in [1.82, 2.24) is 0 Å². The molecule has 7 nitrogen and oxygen atoms in total. The molecule has 2 aromatic carbocycles. The molecule has 0 amide bonds. The van der Waals surface area contributed by atoms with Crippen LogP contribution in [0, 0.1) is 33.5 Å². The first-order chi connectivity index (χ1) is 14.0. The fourth-order valence-electron chi connectivity index (χ4n) is 4.52. The average Bonchev–Trinajstić information content (AvgIpc) is 3.35. The monoisotopic (exact) mass is 388 g/mol. The summed E-state index contributed by atoms with van der Waals surface area (Å²) >= 11 is 0. The maximum Gasteiger partial charge on any atom is 0.292 e. The molecule has 3 atom stereocenters. The van der Waals surface area contributed by atoms with Crippen LogP contribution in [0.5, 0.6) is 5.75 Å². The van der Waals surface area contributed by atoms with Gasteiger partial charge in [0.15, 0.2) is 5.41 Å². The smallest absolute Gasteiger partial charge is 0.292 e. The van der Waals surface area contributed by atoms with Gasteiger partial charge in [0, 0.05) is 20.1 Å². The van der Waals surface area contributed by atoms with E-state index >= 15 is 0 Å². The van der Waals surface area contributed by atoms with E-state index in [1.807, 2.05) is 54.6 Å². The number of hydrogen-bond acceptors (Lipinski definition) is 7. The first kappa shape index (κ1) is 18.9. The minimum atomic E-state index is -1.62. The molecule has 4 rings (SSSR count).